The second-order valence-corrected chi connectivity index (χ2v) is 7.15. The van der Waals surface area contributed by atoms with Crippen LogP contribution in [0, 0.1) is 17.8 Å². The molecule has 7 nitrogen and oxygen atoms in total. The van der Waals surface area contributed by atoms with E-state index < -0.39 is 0 Å². The van der Waals surface area contributed by atoms with Crippen LogP contribution in [0.25, 0.3) is 0 Å². The Hall–Kier alpha value is -2.28. The van der Waals surface area contributed by atoms with E-state index in [0.29, 0.717) is 24.6 Å². The average Bonchev–Trinajstić information content (AvgIpc) is 3.02. The summed E-state index contributed by atoms with van der Waals surface area (Å²) in [6.07, 6.45) is 7.98. The number of anilines is 1. The zero-order valence-corrected chi connectivity index (χ0v) is 18.3. The summed E-state index contributed by atoms with van der Waals surface area (Å²) in [4.78, 5) is 30.4. The second-order valence-electron chi connectivity index (χ2n) is 7.15. The summed E-state index contributed by atoms with van der Waals surface area (Å²) in [7, 11) is 1.70. The van der Waals surface area contributed by atoms with Gasteiger partial charge in [-0.3, -0.25) is 14.6 Å². The highest BCUT2D eigenvalue weighted by atomic mass is 127. The number of carbonyl (C=O) groups is 2. The number of guanidine groups is 1. The van der Waals surface area contributed by atoms with Crippen LogP contribution in [-0.2, 0) is 9.59 Å². The third-order valence-electron chi connectivity index (χ3n) is 5.09. The van der Waals surface area contributed by atoms with E-state index in [1.165, 1.54) is 0 Å². The minimum Gasteiger partial charge on any atom is -0.355 e. The zero-order chi connectivity index (χ0) is 19.3. The van der Waals surface area contributed by atoms with Crippen molar-refractivity contribution in [2.45, 2.75) is 19.3 Å². The Labute approximate surface area is 182 Å². The van der Waals surface area contributed by atoms with Crippen LogP contribution in [0.5, 0.6) is 0 Å². The fourth-order valence-corrected chi connectivity index (χ4v) is 3.81. The highest BCUT2D eigenvalue weighted by Crippen LogP contribution is 2.35. The van der Waals surface area contributed by atoms with Crippen molar-refractivity contribution in [3.63, 3.8) is 0 Å². The molecule has 2 amide bonds. The summed E-state index contributed by atoms with van der Waals surface area (Å²) < 4.78 is 0. The first kappa shape index (κ1) is 22.0. The Kier molecular flexibility index (Phi) is 7.69. The van der Waals surface area contributed by atoms with Crippen molar-refractivity contribution in [1.82, 2.24) is 15.5 Å². The summed E-state index contributed by atoms with van der Waals surface area (Å²) in [6, 6.07) is 7.17. The molecule has 1 spiro atoms. The van der Waals surface area contributed by atoms with E-state index in [-0.39, 0.29) is 47.8 Å². The van der Waals surface area contributed by atoms with Crippen molar-refractivity contribution in [3.8, 4) is 12.3 Å². The smallest absolute Gasteiger partial charge is 0.243 e. The first-order valence-corrected chi connectivity index (χ1v) is 9.12. The van der Waals surface area contributed by atoms with Crippen molar-refractivity contribution in [2.24, 2.45) is 10.4 Å². The molecule has 0 aromatic heterocycles. The lowest BCUT2D eigenvalue weighted by Crippen LogP contribution is -2.52. The van der Waals surface area contributed by atoms with Crippen LogP contribution in [0.3, 0.4) is 0 Å². The molecule has 1 aromatic rings. The van der Waals surface area contributed by atoms with Crippen LogP contribution in [0.1, 0.15) is 24.8 Å². The van der Waals surface area contributed by atoms with Crippen LogP contribution < -0.4 is 16.0 Å². The molecule has 1 atom stereocenters. The van der Waals surface area contributed by atoms with E-state index in [1.807, 2.05) is 6.07 Å². The number of likely N-dealkylation sites (tertiary alicyclic amines) is 1. The number of nitrogens with one attached hydrogen (secondary N) is 3. The number of nitrogens with zero attached hydrogens (tertiary/aromatic N) is 2. The van der Waals surface area contributed by atoms with Gasteiger partial charge in [-0.05, 0) is 31.0 Å². The zero-order valence-electron chi connectivity index (χ0n) is 16.0. The number of carbonyl (C=O) groups excluding carboxylic acids is 2. The molecular weight excluding hydrogens is 469 g/mol. The summed E-state index contributed by atoms with van der Waals surface area (Å²) in [6.45, 7) is 2.44. The van der Waals surface area contributed by atoms with Crippen LogP contribution in [0.2, 0.25) is 0 Å². The Balaban J connectivity index is 0.00000280. The minimum absolute atomic E-state index is 0. The Morgan fingerprint density at radius 1 is 1.46 bits per heavy atom. The quantitative estimate of drug-likeness (QED) is 0.256. The van der Waals surface area contributed by atoms with E-state index in [1.54, 1.807) is 25.2 Å². The van der Waals surface area contributed by atoms with Gasteiger partial charge in [0.2, 0.25) is 11.8 Å². The Bertz CT molecular complexity index is 804. The number of benzene rings is 1. The summed E-state index contributed by atoms with van der Waals surface area (Å²) in [5.74, 6) is 3.18. The Morgan fingerprint density at radius 3 is 2.96 bits per heavy atom. The van der Waals surface area contributed by atoms with E-state index in [0.717, 1.165) is 31.5 Å². The first-order chi connectivity index (χ1) is 13.0. The fraction of sp³-hybridized carbons (Fsp3) is 0.450. The van der Waals surface area contributed by atoms with Gasteiger partial charge in [0.05, 0.1) is 6.54 Å². The molecule has 8 heteroatoms. The number of hydrogen-bond acceptors (Lipinski definition) is 3. The number of hydrogen-bond donors (Lipinski definition) is 3. The predicted molar refractivity (Wildman–Crippen MR) is 121 cm³/mol. The van der Waals surface area contributed by atoms with E-state index >= 15 is 0 Å². The second kappa shape index (κ2) is 9.78. The van der Waals surface area contributed by atoms with Gasteiger partial charge in [-0.2, -0.15) is 0 Å². The van der Waals surface area contributed by atoms with Crippen molar-refractivity contribution >= 4 is 47.4 Å². The van der Waals surface area contributed by atoms with Gasteiger partial charge in [-0.1, -0.05) is 12.0 Å². The molecule has 0 bridgehead atoms. The normalized spacial score (nSPS) is 21.5. The lowest BCUT2D eigenvalue weighted by Gasteiger charge is -2.40. The maximum Gasteiger partial charge on any atom is 0.243 e. The molecule has 2 saturated heterocycles. The number of amides is 2. The number of halogens is 1. The highest BCUT2D eigenvalue weighted by Gasteiger charge is 2.42. The van der Waals surface area contributed by atoms with Crippen LogP contribution in [0.4, 0.5) is 5.69 Å². The lowest BCUT2D eigenvalue weighted by molar-refractivity contribution is -0.120. The van der Waals surface area contributed by atoms with Gasteiger partial charge < -0.3 is 20.9 Å². The van der Waals surface area contributed by atoms with Crippen LogP contribution in [0.15, 0.2) is 29.3 Å². The lowest BCUT2D eigenvalue weighted by atomic mass is 9.79. The molecule has 3 N–H and O–H groups in total. The number of aliphatic imine (C=N–C) groups is 1. The summed E-state index contributed by atoms with van der Waals surface area (Å²) in [5.41, 5.74) is 1.36. The molecule has 150 valence electrons. The number of piperidine rings is 1. The van der Waals surface area contributed by atoms with Gasteiger partial charge in [0, 0.05) is 49.8 Å². The van der Waals surface area contributed by atoms with Crippen LogP contribution in [-0.4, -0.2) is 55.9 Å². The molecule has 1 unspecified atom stereocenters. The standard InChI is InChI=1S/C20H25N5O2.HI/c1-3-15-6-4-7-16(10-15)24-18(27)12-22-19(21-2)25-9-5-8-20(14-25)11-17(26)23-13-20;/h1,4,6-7,10H,5,8-9,11-14H2,2H3,(H,21,22)(H,23,26)(H,24,27);1H. The topological polar surface area (TPSA) is 85.8 Å². The molecule has 0 radical (unpaired) electrons. The van der Waals surface area contributed by atoms with Gasteiger partial charge >= 0.3 is 0 Å². The molecule has 2 heterocycles. The maximum atomic E-state index is 12.3. The molecule has 3 rings (SSSR count). The van der Waals surface area contributed by atoms with Gasteiger partial charge in [0.25, 0.3) is 0 Å². The SMILES string of the molecule is C#Cc1cccc(NC(=O)CNC(=NC)N2CCCC3(CNC(=O)C3)C2)c1.I. The minimum atomic E-state index is -0.172. The average molecular weight is 495 g/mol. The first-order valence-electron chi connectivity index (χ1n) is 9.12. The third-order valence-corrected chi connectivity index (χ3v) is 5.09. The van der Waals surface area contributed by atoms with Crippen molar-refractivity contribution in [2.75, 3.05) is 38.5 Å². The third kappa shape index (κ3) is 5.38. The monoisotopic (exact) mass is 495 g/mol. The van der Waals surface area contributed by atoms with Gasteiger partial charge in [-0.15, -0.1) is 30.4 Å². The molecule has 2 aliphatic rings. The van der Waals surface area contributed by atoms with Crippen molar-refractivity contribution < 1.29 is 9.59 Å². The van der Waals surface area contributed by atoms with E-state index in [4.69, 9.17) is 6.42 Å². The van der Waals surface area contributed by atoms with Gasteiger partial charge in [0.15, 0.2) is 5.96 Å². The summed E-state index contributed by atoms with van der Waals surface area (Å²) >= 11 is 0. The summed E-state index contributed by atoms with van der Waals surface area (Å²) in [5, 5.41) is 8.89. The maximum absolute atomic E-state index is 12.3. The van der Waals surface area contributed by atoms with E-state index in [9.17, 15) is 9.59 Å². The largest absolute Gasteiger partial charge is 0.355 e. The molecule has 2 aliphatic heterocycles. The Morgan fingerprint density at radius 2 is 2.29 bits per heavy atom. The molecule has 0 aliphatic carbocycles. The highest BCUT2D eigenvalue weighted by molar-refractivity contribution is 14.0. The van der Waals surface area contributed by atoms with Crippen molar-refractivity contribution in [3.05, 3.63) is 29.8 Å². The molecule has 28 heavy (non-hydrogen) atoms. The van der Waals surface area contributed by atoms with Crippen LogP contribution >= 0.6 is 24.0 Å². The molecule has 2 fully saturated rings. The fourth-order valence-electron chi connectivity index (χ4n) is 3.81. The molecule has 1 aromatic carbocycles. The molecule has 0 saturated carbocycles. The van der Waals surface area contributed by atoms with Gasteiger partial charge in [-0.25, -0.2) is 0 Å². The number of terminal acetylenes is 1. The molecular formula is C20H26IN5O2. The predicted octanol–water partition coefficient (Wildman–Crippen LogP) is 1.40. The number of rotatable bonds is 3. The van der Waals surface area contributed by atoms with E-state index in [2.05, 4.69) is 31.8 Å². The van der Waals surface area contributed by atoms with Crippen molar-refractivity contribution in [1.29, 1.82) is 0 Å². The van der Waals surface area contributed by atoms with Gasteiger partial charge in [0.1, 0.15) is 0 Å².